The molecule has 0 unspecified atom stereocenters. The number of fused-ring (bicyclic) bond motifs is 7. The van der Waals surface area contributed by atoms with Crippen molar-refractivity contribution in [3.8, 4) is 0 Å². The van der Waals surface area contributed by atoms with E-state index in [1.165, 1.54) is 53.6 Å². The first kappa shape index (κ1) is 40.5. The minimum atomic E-state index is -2.12. The quantitative estimate of drug-likeness (QED) is 0.123. The van der Waals surface area contributed by atoms with Gasteiger partial charge in [-0.3, -0.25) is 9.59 Å². The van der Waals surface area contributed by atoms with Gasteiger partial charge in [-0.2, -0.15) is 0 Å². The first-order chi connectivity index (χ1) is 27.1. The zero-order valence-electron chi connectivity index (χ0n) is 35.9. The molecule has 0 saturated heterocycles. The summed E-state index contributed by atoms with van der Waals surface area (Å²) in [4.78, 5) is 24.8. The highest BCUT2D eigenvalue weighted by molar-refractivity contribution is 7.95. The Morgan fingerprint density at radius 1 is 0.649 bits per heavy atom. The fraction of sp³-hybridized carbons (Fsp3) is 0.577. The van der Waals surface area contributed by atoms with E-state index in [9.17, 15) is 9.59 Å². The first-order valence-electron chi connectivity index (χ1n) is 22.2. The number of ether oxygens (including phenoxy) is 2. The molecule has 10 atom stereocenters. The van der Waals surface area contributed by atoms with Gasteiger partial charge in [0, 0.05) is 24.7 Å². The van der Waals surface area contributed by atoms with Crippen molar-refractivity contribution in [3.05, 3.63) is 103 Å². The molecule has 5 aliphatic carbocycles. The molecule has 0 bridgehead atoms. The minimum absolute atomic E-state index is 0.0104. The average molecular weight is 788 g/mol. The minimum Gasteiger partial charge on any atom is -0.465 e. The predicted octanol–water partition coefficient (Wildman–Crippen LogP) is 11.1. The van der Waals surface area contributed by atoms with Crippen molar-refractivity contribution in [1.82, 2.24) is 0 Å². The van der Waals surface area contributed by atoms with Crippen LogP contribution >= 0.6 is 7.26 Å². The summed E-state index contributed by atoms with van der Waals surface area (Å²) in [7, 11) is -2.12. The SMILES string of the molecule is C=C(C[P+](c1ccccc1)(c1ccccc1)c1ccccc1)[C@@H]1CC[C@]2(COC(C)=O)CC[C@]3(C)[C@H](CC[C@@H]4[C@@]5(C)CC[C@H](OC(C)=O)C(C)(C)[C@@H]5CC[C@]43C)[C@@H]12. The van der Waals surface area contributed by atoms with Crippen LogP contribution in [-0.2, 0) is 19.1 Å². The average Bonchev–Trinajstić information content (AvgIpc) is 3.58. The highest BCUT2D eigenvalue weighted by Crippen LogP contribution is 2.78. The van der Waals surface area contributed by atoms with Gasteiger partial charge in [-0.1, -0.05) is 95.8 Å². The molecule has 0 aromatic heterocycles. The monoisotopic (exact) mass is 787 g/mol. The highest BCUT2D eigenvalue weighted by Gasteiger charge is 2.71. The Kier molecular flexibility index (Phi) is 10.5. The summed E-state index contributed by atoms with van der Waals surface area (Å²) in [5.74, 6) is 2.17. The number of carbonyl (C=O) groups is 2. The fourth-order valence-electron chi connectivity index (χ4n) is 15.3. The Labute approximate surface area is 344 Å². The van der Waals surface area contributed by atoms with Crippen LogP contribution in [0.4, 0.5) is 0 Å². The molecule has 0 spiro atoms. The molecular weight excluding hydrogens is 720 g/mol. The molecule has 8 rings (SSSR count). The van der Waals surface area contributed by atoms with Gasteiger partial charge in [0.25, 0.3) is 0 Å². The van der Waals surface area contributed by atoms with Crippen LogP contribution in [0.2, 0.25) is 0 Å². The highest BCUT2D eigenvalue weighted by atomic mass is 31.2. The molecular formula is C52H68O4P+. The summed E-state index contributed by atoms with van der Waals surface area (Å²) in [6, 6.07) is 33.9. The number of rotatable bonds is 9. The van der Waals surface area contributed by atoms with E-state index in [2.05, 4.69) is 126 Å². The summed E-state index contributed by atoms with van der Waals surface area (Å²) in [6.07, 6.45) is 12.4. The molecule has 0 aliphatic heterocycles. The third-order valence-electron chi connectivity index (χ3n) is 18.0. The standard InChI is InChI=1S/C52H68O4P/c1-36(34-57(39-18-12-9-13-19-39,40-20-14-10-15-21-40)41-22-16-11-17-23-41)42-26-31-52(35-55-37(2)53)33-32-50(7)43(47(42)52)24-25-45-49(6)29-28-46(56-38(3)54)48(4,5)44(49)27-30-51(45,50)8/h9-23,42-47H,1,24-35H2,2-8H3/q+1/t42-,43+,44-,45+,46-,47+,49-,50+,51+,52+/m0/s1. The second kappa shape index (κ2) is 14.8. The van der Waals surface area contributed by atoms with E-state index in [0.717, 1.165) is 38.3 Å². The molecule has 5 aliphatic rings. The lowest BCUT2D eigenvalue weighted by molar-refractivity contribution is -0.252. The molecule has 3 aromatic carbocycles. The van der Waals surface area contributed by atoms with Crippen molar-refractivity contribution in [3.63, 3.8) is 0 Å². The topological polar surface area (TPSA) is 52.6 Å². The van der Waals surface area contributed by atoms with Gasteiger partial charge in [0.05, 0.1) is 12.8 Å². The van der Waals surface area contributed by atoms with E-state index < -0.39 is 7.26 Å². The van der Waals surface area contributed by atoms with Crippen LogP contribution < -0.4 is 15.9 Å². The van der Waals surface area contributed by atoms with Gasteiger partial charge >= 0.3 is 11.9 Å². The van der Waals surface area contributed by atoms with Gasteiger partial charge in [-0.05, 0) is 152 Å². The van der Waals surface area contributed by atoms with Crippen LogP contribution in [0.25, 0.3) is 0 Å². The molecule has 3 aromatic rings. The third kappa shape index (κ3) is 6.31. The first-order valence-corrected chi connectivity index (χ1v) is 24.1. The van der Waals surface area contributed by atoms with Gasteiger partial charge in [-0.15, -0.1) is 0 Å². The Bertz CT molecular complexity index is 1860. The predicted molar refractivity (Wildman–Crippen MR) is 235 cm³/mol. The van der Waals surface area contributed by atoms with Crippen molar-refractivity contribution >= 4 is 35.1 Å². The summed E-state index contributed by atoms with van der Waals surface area (Å²) in [5, 5.41) is 4.22. The van der Waals surface area contributed by atoms with Crippen LogP contribution in [0.3, 0.4) is 0 Å². The number of benzene rings is 3. The number of carbonyl (C=O) groups excluding carboxylic acids is 2. The zero-order valence-corrected chi connectivity index (χ0v) is 36.8. The molecule has 4 nitrogen and oxygen atoms in total. The molecule has 304 valence electrons. The second-order valence-electron chi connectivity index (χ2n) is 20.6. The molecule has 5 heteroatoms. The fourth-order valence-corrected chi connectivity index (χ4v) is 19.6. The van der Waals surface area contributed by atoms with Crippen LogP contribution in [-0.4, -0.2) is 30.8 Å². The van der Waals surface area contributed by atoms with Crippen LogP contribution in [0, 0.1) is 56.7 Å². The number of esters is 2. The maximum atomic E-state index is 12.6. The van der Waals surface area contributed by atoms with Crippen LogP contribution in [0.1, 0.15) is 113 Å². The Balaban J connectivity index is 1.18. The van der Waals surface area contributed by atoms with E-state index in [-0.39, 0.29) is 45.1 Å². The molecule has 0 radical (unpaired) electrons. The second-order valence-corrected chi connectivity index (χ2v) is 24.1. The van der Waals surface area contributed by atoms with Gasteiger partial charge in [0.15, 0.2) is 0 Å². The normalized spacial score (nSPS) is 36.8. The van der Waals surface area contributed by atoms with E-state index >= 15 is 0 Å². The van der Waals surface area contributed by atoms with Crippen molar-refractivity contribution in [2.75, 3.05) is 12.8 Å². The lowest BCUT2D eigenvalue weighted by atomic mass is 9.32. The lowest BCUT2D eigenvalue weighted by Gasteiger charge is -2.73. The van der Waals surface area contributed by atoms with Gasteiger partial charge < -0.3 is 9.47 Å². The number of hydrogen-bond donors (Lipinski definition) is 0. The van der Waals surface area contributed by atoms with Gasteiger partial charge in [0.1, 0.15) is 29.3 Å². The van der Waals surface area contributed by atoms with Crippen molar-refractivity contribution in [2.45, 2.75) is 119 Å². The lowest BCUT2D eigenvalue weighted by Crippen LogP contribution is -2.67. The maximum Gasteiger partial charge on any atom is 0.302 e. The van der Waals surface area contributed by atoms with Crippen molar-refractivity contribution in [1.29, 1.82) is 0 Å². The van der Waals surface area contributed by atoms with Gasteiger partial charge in [-0.25, -0.2) is 0 Å². The zero-order chi connectivity index (χ0) is 40.4. The molecule has 5 fully saturated rings. The van der Waals surface area contributed by atoms with Gasteiger partial charge in [0.2, 0.25) is 0 Å². The Morgan fingerprint density at radius 3 is 1.77 bits per heavy atom. The summed E-state index contributed by atoms with van der Waals surface area (Å²) < 4.78 is 12.2. The summed E-state index contributed by atoms with van der Waals surface area (Å²) >= 11 is 0. The molecule has 0 amide bonds. The summed E-state index contributed by atoms with van der Waals surface area (Å²) in [5.41, 5.74) is 1.89. The van der Waals surface area contributed by atoms with Crippen molar-refractivity contribution < 1.29 is 19.1 Å². The van der Waals surface area contributed by atoms with Crippen molar-refractivity contribution in [2.24, 2.45) is 56.7 Å². The van der Waals surface area contributed by atoms with E-state index in [0.29, 0.717) is 36.2 Å². The van der Waals surface area contributed by atoms with E-state index in [4.69, 9.17) is 16.1 Å². The van der Waals surface area contributed by atoms with E-state index in [1.54, 1.807) is 13.8 Å². The third-order valence-corrected chi connectivity index (χ3v) is 22.4. The number of hydrogen-bond acceptors (Lipinski definition) is 4. The molecule has 5 saturated carbocycles. The van der Waals surface area contributed by atoms with E-state index in [1.807, 2.05) is 0 Å². The smallest absolute Gasteiger partial charge is 0.302 e. The molecule has 57 heavy (non-hydrogen) atoms. The molecule has 0 N–H and O–H groups in total. The number of allylic oxidation sites excluding steroid dienone is 1. The van der Waals surface area contributed by atoms with Crippen LogP contribution in [0.15, 0.2) is 103 Å². The van der Waals surface area contributed by atoms with Crippen LogP contribution in [0.5, 0.6) is 0 Å². The largest absolute Gasteiger partial charge is 0.465 e. The molecule has 0 heterocycles. The summed E-state index contributed by atoms with van der Waals surface area (Å²) in [6.45, 7) is 21.7. The Hall–Kier alpha value is -3.23. The maximum absolute atomic E-state index is 12.6. The Morgan fingerprint density at radius 2 is 1.23 bits per heavy atom.